The first kappa shape index (κ1) is 12.8. The fraction of sp³-hybridized carbons (Fsp3) is 0. The maximum Gasteiger partial charge on any atom is 0.257 e. The summed E-state index contributed by atoms with van der Waals surface area (Å²) in [5.41, 5.74) is 6.34. The highest BCUT2D eigenvalue weighted by atomic mass is 79.9. The quantitative estimate of drug-likeness (QED) is 0.888. The lowest BCUT2D eigenvalue weighted by atomic mass is 10.2. The number of anilines is 2. The molecule has 1 amide bonds. The lowest BCUT2D eigenvalue weighted by Gasteiger charge is -2.07. The van der Waals surface area contributed by atoms with Gasteiger partial charge in [0.25, 0.3) is 5.91 Å². The Labute approximate surface area is 117 Å². The van der Waals surface area contributed by atoms with Gasteiger partial charge in [-0.15, -0.1) is 0 Å². The van der Waals surface area contributed by atoms with Crippen LogP contribution in [0.1, 0.15) is 10.4 Å². The van der Waals surface area contributed by atoms with Crippen LogP contribution in [0.15, 0.2) is 35.2 Å². The fourth-order valence-electron chi connectivity index (χ4n) is 1.31. The zero-order valence-electron chi connectivity index (χ0n) is 9.02. The third kappa shape index (κ3) is 2.96. The molecule has 0 spiro atoms. The second kappa shape index (κ2) is 5.32. The Hall–Kier alpha value is -1.66. The summed E-state index contributed by atoms with van der Waals surface area (Å²) in [6.45, 7) is 0. The number of nitrogen functional groups attached to an aromatic ring is 1. The second-order valence-electron chi connectivity index (χ2n) is 3.43. The predicted octanol–water partition coefficient (Wildman–Crippen LogP) is 2.73. The van der Waals surface area contributed by atoms with Gasteiger partial charge in [0.2, 0.25) is 0 Å². The van der Waals surface area contributed by atoms with E-state index in [9.17, 15) is 4.79 Å². The topological polar surface area (TPSA) is 80.9 Å². The summed E-state index contributed by atoms with van der Waals surface area (Å²) in [7, 11) is 0. The maximum absolute atomic E-state index is 12.0. The Morgan fingerprint density at radius 2 is 2.11 bits per heavy atom. The number of hydrogen-bond donors (Lipinski definition) is 2. The van der Waals surface area contributed by atoms with Crippen molar-refractivity contribution in [3.05, 3.63) is 45.8 Å². The van der Waals surface area contributed by atoms with Crippen LogP contribution in [-0.4, -0.2) is 15.9 Å². The molecule has 2 aromatic heterocycles. The Bertz CT molecular complexity index is 605. The van der Waals surface area contributed by atoms with E-state index in [1.165, 1.54) is 18.5 Å². The van der Waals surface area contributed by atoms with Crippen molar-refractivity contribution < 1.29 is 4.79 Å². The SMILES string of the molecule is Nc1cc(C(=O)Nc2cncc(Br)c2)c(Cl)cn1. The molecular formula is C11H8BrClN4O. The molecule has 0 saturated carbocycles. The van der Waals surface area contributed by atoms with Crippen LogP contribution in [0.25, 0.3) is 0 Å². The van der Waals surface area contributed by atoms with Crippen molar-refractivity contribution in [1.29, 1.82) is 0 Å². The summed E-state index contributed by atoms with van der Waals surface area (Å²) in [6, 6.07) is 3.15. The Morgan fingerprint density at radius 3 is 2.83 bits per heavy atom. The summed E-state index contributed by atoms with van der Waals surface area (Å²) in [5, 5.41) is 2.91. The average molecular weight is 328 g/mol. The van der Waals surface area contributed by atoms with E-state index >= 15 is 0 Å². The number of pyridine rings is 2. The van der Waals surface area contributed by atoms with E-state index in [1.54, 1.807) is 12.3 Å². The van der Waals surface area contributed by atoms with E-state index < -0.39 is 0 Å². The Kier molecular flexibility index (Phi) is 3.78. The van der Waals surface area contributed by atoms with Gasteiger partial charge in [-0.2, -0.15) is 0 Å². The van der Waals surface area contributed by atoms with Gasteiger partial charge >= 0.3 is 0 Å². The molecule has 0 aromatic carbocycles. The first-order valence-corrected chi connectivity index (χ1v) is 6.06. The van der Waals surface area contributed by atoms with Gasteiger partial charge in [0.1, 0.15) is 5.82 Å². The van der Waals surface area contributed by atoms with Crippen molar-refractivity contribution in [2.45, 2.75) is 0 Å². The van der Waals surface area contributed by atoms with E-state index in [1.807, 2.05) is 0 Å². The summed E-state index contributed by atoms with van der Waals surface area (Å²) >= 11 is 9.15. The first-order chi connectivity index (χ1) is 8.56. The number of nitrogens with two attached hydrogens (primary N) is 1. The summed E-state index contributed by atoms with van der Waals surface area (Å²) in [5.74, 6) is -0.133. The predicted molar refractivity (Wildman–Crippen MR) is 73.5 cm³/mol. The van der Waals surface area contributed by atoms with Crippen LogP contribution >= 0.6 is 27.5 Å². The van der Waals surface area contributed by atoms with Gasteiger partial charge in [-0.05, 0) is 28.1 Å². The van der Waals surface area contributed by atoms with Gasteiger partial charge in [-0.1, -0.05) is 11.6 Å². The number of rotatable bonds is 2. The van der Waals surface area contributed by atoms with E-state index in [0.717, 1.165) is 4.47 Å². The molecule has 2 rings (SSSR count). The third-order valence-electron chi connectivity index (χ3n) is 2.08. The minimum atomic E-state index is -0.367. The van der Waals surface area contributed by atoms with Crippen LogP contribution in [-0.2, 0) is 0 Å². The molecule has 7 heteroatoms. The summed E-state index contributed by atoms with van der Waals surface area (Å²) in [4.78, 5) is 19.7. The monoisotopic (exact) mass is 326 g/mol. The van der Waals surface area contributed by atoms with Gasteiger partial charge in [-0.25, -0.2) is 4.98 Å². The minimum absolute atomic E-state index is 0.233. The number of nitrogens with one attached hydrogen (secondary N) is 1. The van der Waals surface area contributed by atoms with Crippen molar-refractivity contribution in [3.8, 4) is 0 Å². The maximum atomic E-state index is 12.0. The van der Waals surface area contributed by atoms with Gasteiger partial charge in [0.05, 0.1) is 22.5 Å². The van der Waals surface area contributed by atoms with Crippen LogP contribution in [0.4, 0.5) is 11.5 Å². The number of hydrogen-bond acceptors (Lipinski definition) is 4. The number of aromatic nitrogens is 2. The van der Waals surface area contributed by atoms with E-state index in [0.29, 0.717) is 5.69 Å². The number of nitrogens with zero attached hydrogens (tertiary/aromatic N) is 2. The highest BCUT2D eigenvalue weighted by Gasteiger charge is 2.12. The van der Waals surface area contributed by atoms with Gasteiger partial charge < -0.3 is 11.1 Å². The molecule has 2 aromatic rings. The molecule has 18 heavy (non-hydrogen) atoms. The molecule has 0 bridgehead atoms. The van der Waals surface area contributed by atoms with E-state index in [-0.39, 0.29) is 22.3 Å². The molecule has 0 aliphatic heterocycles. The molecule has 0 saturated heterocycles. The molecule has 0 fully saturated rings. The second-order valence-corrected chi connectivity index (χ2v) is 4.76. The highest BCUT2D eigenvalue weighted by molar-refractivity contribution is 9.10. The normalized spacial score (nSPS) is 10.1. The molecule has 0 aliphatic rings. The number of carbonyl (C=O) groups is 1. The Morgan fingerprint density at radius 1 is 1.33 bits per heavy atom. The van der Waals surface area contributed by atoms with E-state index in [2.05, 4.69) is 31.2 Å². The number of amides is 1. The molecular weight excluding hydrogens is 320 g/mol. The number of halogens is 2. The van der Waals surface area contributed by atoms with Gasteiger partial charge in [0.15, 0.2) is 0 Å². The van der Waals surface area contributed by atoms with Crippen LogP contribution in [0, 0.1) is 0 Å². The molecule has 3 N–H and O–H groups in total. The molecule has 0 aliphatic carbocycles. The molecule has 2 heterocycles. The first-order valence-electron chi connectivity index (χ1n) is 4.89. The third-order valence-corrected chi connectivity index (χ3v) is 2.82. The van der Waals surface area contributed by atoms with Crippen molar-refractivity contribution >= 4 is 44.9 Å². The van der Waals surface area contributed by atoms with Crippen molar-refractivity contribution in [3.63, 3.8) is 0 Å². The Balaban J connectivity index is 2.24. The molecule has 0 unspecified atom stereocenters. The minimum Gasteiger partial charge on any atom is -0.384 e. The average Bonchev–Trinajstić information content (AvgIpc) is 2.32. The van der Waals surface area contributed by atoms with Crippen molar-refractivity contribution in [2.24, 2.45) is 0 Å². The summed E-state index contributed by atoms with van der Waals surface area (Å²) in [6.07, 6.45) is 4.49. The fourth-order valence-corrected chi connectivity index (χ4v) is 1.86. The lowest BCUT2D eigenvalue weighted by molar-refractivity contribution is 0.102. The molecule has 92 valence electrons. The zero-order chi connectivity index (χ0) is 13.1. The highest BCUT2D eigenvalue weighted by Crippen LogP contribution is 2.19. The van der Waals surface area contributed by atoms with Crippen molar-refractivity contribution in [1.82, 2.24) is 9.97 Å². The van der Waals surface area contributed by atoms with Crippen LogP contribution in [0.5, 0.6) is 0 Å². The summed E-state index contributed by atoms with van der Waals surface area (Å²) < 4.78 is 0.764. The van der Waals surface area contributed by atoms with Crippen LogP contribution in [0.3, 0.4) is 0 Å². The molecule has 0 radical (unpaired) electrons. The standard InChI is InChI=1S/C11H8BrClN4O/c12-6-1-7(4-15-3-6)17-11(18)8-2-10(14)16-5-9(8)13/h1-5H,(H2,14,16)(H,17,18). The zero-order valence-corrected chi connectivity index (χ0v) is 11.4. The van der Waals surface area contributed by atoms with Gasteiger partial charge in [0, 0.05) is 16.9 Å². The largest absolute Gasteiger partial charge is 0.384 e. The van der Waals surface area contributed by atoms with E-state index in [4.69, 9.17) is 17.3 Å². The van der Waals surface area contributed by atoms with Crippen LogP contribution in [0.2, 0.25) is 5.02 Å². The number of carbonyl (C=O) groups excluding carboxylic acids is 1. The molecule has 0 atom stereocenters. The smallest absolute Gasteiger partial charge is 0.257 e. The molecule has 5 nitrogen and oxygen atoms in total. The van der Waals surface area contributed by atoms with Gasteiger partial charge in [-0.3, -0.25) is 9.78 Å². The lowest BCUT2D eigenvalue weighted by Crippen LogP contribution is -2.13. The van der Waals surface area contributed by atoms with Crippen LogP contribution < -0.4 is 11.1 Å². The van der Waals surface area contributed by atoms with Crippen molar-refractivity contribution in [2.75, 3.05) is 11.1 Å².